The highest BCUT2D eigenvalue weighted by Gasteiger charge is 2.37. The van der Waals surface area contributed by atoms with E-state index < -0.39 is 0 Å². The second-order valence-electron chi connectivity index (χ2n) is 7.25. The highest BCUT2D eigenvalue weighted by atomic mass is 16.5. The minimum atomic E-state index is -0.0688. The molecule has 0 unspecified atom stereocenters. The van der Waals surface area contributed by atoms with Gasteiger partial charge in [-0.05, 0) is 38.5 Å². The smallest absolute Gasteiger partial charge is 0.315 e. The normalized spacial score (nSPS) is 24.8. The number of amides is 2. The predicted octanol–water partition coefficient (Wildman–Crippen LogP) is 2.28. The van der Waals surface area contributed by atoms with E-state index in [0.29, 0.717) is 12.4 Å². The Morgan fingerprint density at radius 3 is 2.68 bits per heavy atom. The van der Waals surface area contributed by atoms with Gasteiger partial charge in [-0.15, -0.1) is 0 Å². The first kappa shape index (κ1) is 17.9. The van der Waals surface area contributed by atoms with Crippen molar-refractivity contribution in [3.8, 4) is 5.88 Å². The molecule has 0 spiro atoms. The van der Waals surface area contributed by atoms with Crippen molar-refractivity contribution in [2.45, 2.75) is 57.1 Å². The molecule has 0 radical (unpaired) electrons. The molecular weight excluding hydrogens is 320 g/mol. The lowest BCUT2D eigenvalue weighted by atomic mass is 9.69. The number of hydrogen-bond donors (Lipinski definition) is 2. The molecule has 2 saturated carbocycles. The van der Waals surface area contributed by atoms with E-state index in [2.05, 4.69) is 20.6 Å². The average Bonchev–Trinajstić information content (AvgIpc) is 2.60. The van der Waals surface area contributed by atoms with E-state index in [9.17, 15) is 4.79 Å². The molecule has 2 aliphatic carbocycles. The zero-order valence-corrected chi connectivity index (χ0v) is 14.9. The quantitative estimate of drug-likeness (QED) is 0.790. The Hall–Kier alpha value is -1.89. The van der Waals surface area contributed by atoms with Crippen LogP contribution in [0.3, 0.4) is 0 Å². The monoisotopic (exact) mass is 348 g/mol. The van der Waals surface area contributed by atoms with Gasteiger partial charge in [0.15, 0.2) is 0 Å². The SMILES string of the molecule is COCC1(CNC(=O)NC2CCC(Oc3cnccn3)CC2)CCC1. The summed E-state index contributed by atoms with van der Waals surface area (Å²) in [6.45, 7) is 1.41. The fourth-order valence-electron chi connectivity index (χ4n) is 3.70. The first-order valence-corrected chi connectivity index (χ1v) is 9.15. The molecule has 0 bridgehead atoms. The molecule has 3 rings (SSSR count). The Labute approximate surface area is 148 Å². The molecule has 2 aliphatic rings. The van der Waals surface area contributed by atoms with E-state index in [1.165, 1.54) is 6.42 Å². The van der Waals surface area contributed by atoms with Crippen molar-refractivity contribution < 1.29 is 14.3 Å². The summed E-state index contributed by atoms with van der Waals surface area (Å²) in [7, 11) is 1.72. The van der Waals surface area contributed by atoms with Crippen molar-refractivity contribution in [1.29, 1.82) is 0 Å². The van der Waals surface area contributed by atoms with Crippen LogP contribution in [0.1, 0.15) is 44.9 Å². The fraction of sp³-hybridized carbons (Fsp3) is 0.722. The van der Waals surface area contributed by atoms with Crippen molar-refractivity contribution in [3.63, 3.8) is 0 Å². The van der Waals surface area contributed by atoms with Gasteiger partial charge in [0.2, 0.25) is 5.88 Å². The minimum absolute atomic E-state index is 0.0688. The molecular formula is C18H28N4O3. The van der Waals surface area contributed by atoms with Gasteiger partial charge in [0.1, 0.15) is 6.10 Å². The van der Waals surface area contributed by atoms with Crippen LogP contribution >= 0.6 is 0 Å². The first-order chi connectivity index (χ1) is 12.2. The van der Waals surface area contributed by atoms with Crippen LogP contribution in [0.5, 0.6) is 5.88 Å². The van der Waals surface area contributed by atoms with E-state index in [0.717, 1.165) is 45.1 Å². The Kier molecular flexibility index (Phi) is 6.07. The summed E-state index contributed by atoms with van der Waals surface area (Å²) >= 11 is 0. The van der Waals surface area contributed by atoms with Gasteiger partial charge in [-0.3, -0.25) is 4.98 Å². The molecule has 2 N–H and O–H groups in total. The predicted molar refractivity (Wildman–Crippen MR) is 93.4 cm³/mol. The van der Waals surface area contributed by atoms with Gasteiger partial charge >= 0.3 is 6.03 Å². The number of hydrogen-bond acceptors (Lipinski definition) is 5. The van der Waals surface area contributed by atoms with Crippen LogP contribution in [0.25, 0.3) is 0 Å². The molecule has 7 heteroatoms. The molecule has 138 valence electrons. The van der Waals surface area contributed by atoms with Crippen LogP contribution in [0, 0.1) is 5.41 Å². The zero-order valence-electron chi connectivity index (χ0n) is 14.9. The fourth-order valence-corrected chi connectivity index (χ4v) is 3.70. The third kappa shape index (κ3) is 5.04. The molecule has 0 atom stereocenters. The number of aromatic nitrogens is 2. The van der Waals surface area contributed by atoms with E-state index in [-0.39, 0.29) is 23.6 Å². The largest absolute Gasteiger partial charge is 0.473 e. The van der Waals surface area contributed by atoms with Crippen LogP contribution in [0.4, 0.5) is 4.79 Å². The number of ether oxygens (including phenoxy) is 2. The summed E-state index contributed by atoms with van der Waals surface area (Å²) in [6.07, 6.45) is 12.2. The molecule has 0 aromatic carbocycles. The summed E-state index contributed by atoms with van der Waals surface area (Å²) in [4.78, 5) is 20.3. The maximum absolute atomic E-state index is 12.2. The number of nitrogens with zero attached hydrogens (tertiary/aromatic N) is 2. The third-order valence-electron chi connectivity index (χ3n) is 5.33. The van der Waals surface area contributed by atoms with Crippen molar-refractivity contribution in [1.82, 2.24) is 20.6 Å². The maximum atomic E-state index is 12.2. The van der Waals surface area contributed by atoms with Crippen molar-refractivity contribution >= 4 is 6.03 Å². The highest BCUT2D eigenvalue weighted by molar-refractivity contribution is 5.74. The highest BCUT2D eigenvalue weighted by Crippen LogP contribution is 2.40. The Morgan fingerprint density at radius 1 is 1.28 bits per heavy atom. The van der Waals surface area contributed by atoms with Crippen molar-refractivity contribution in [2.75, 3.05) is 20.3 Å². The van der Waals surface area contributed by atoms with Crippen LogP contribution in [-0.4, -0.2) is 48.4 Å². The summed E-state index contributed by atoms with van der Waals surface area (Å²) in [5.74, 6) is 0.570. The van der Waals surface area contributed by atoms with Gasteiger partial charge in [-0.1, -0.05) is 6.42 Å². The van der Waals surface area contributed by atoms with E-state index in [1.54, 1.807) is 25.7 Å². The Bertz CT molecular complexity index is 543. The molecule has 0 aliphatic heterocycles. The van der Waals surface area contributed by atoms with Gasteiger partial charge in [-0.2, -0.15) is 0 Å². The summed E-state index contributed by atoms with van der Waals surface area (Å²) < 4.78 is 11.1. The van der Waals surface area contributed by atoms with Crippen molar-refractivity contribution in [3.05, 3.63) is 18.6 Å². The molecule has 7 nitrogen and oxygen atoms in total. The first-order valence-electron chi connectivity index (χ1n) is 9.15. The number of carbonyl (C=O) groups is 1. The number of nitrogens with one attached hydrogen (secondary N) is 2. The van der Waals surface area contributed by atoms with Gasteiger partial charge in [-0.25, -0.2) is 9.78 Å². The molecule has 0 saturated heterocycles. The van der Waals surface area contributed by atoms with Crippen LogP contribution in [-0.2, 0) is 4.74 Å². The number of urea groups is 1. The Morgan fingerprint density at radius 2 is 2.08 bits per heavy atom. The lowest BCUT2D eigenvalue weighted by Crippen LogP contribution is -2.50. The maximum Gasteiger partial charge on any atom is 0.315 e. The van der Waals surface area contributed by atoms with Crippen LogP contribution < -0.4 is 15.4 Å². The third-order valence-corrected chi connectivity index (χ3v) is 5.33. The van der Waals surface area contributed by atoms with E-state index >= 15 is 0 Å². The van der Waals surface area contributed by atoms with E-state index in [4.69, 9.17) is 9.47 Å². The average molecular weight is 348 g/mol. The molecule has 1 heterocycles. The lowest BCUT2D eigenvalue weighted by Gasteiger charge is -2.41. The summed E-state index contributed by atoms with van der Waals surface area (Å²) in [5.41, 5.74) is 0.147. The van der Waals surface area contributed by atoms with Crippen molar-refractivity contribution in [2.24, 2.45) is 5.41 Å². The standard InChI is InChI=1S/C18H28N4O3/c1-24-13-18(7-2-8-18)12-21-17(23)22-14-3-5-15(6-4-14)25-16-11-19-9-10-20-16/h9-11,14-15H,2-8,12-13H2,1H3,(H2,21,22,23). The summed E-state index contributed by atoms with van der Waals surface area (Å²) in [6, 6.07) is 0.141. The molecule has 2 fully saturated rings. The van der Waals surface area contributed by atoms with Gasteiger partial charge in [0.05, 0.1) is 12.8 Å². The van der Waals surface area contributed by atoms with E-state index in [1.807, 2.05) is 0 Å². The molecule has 2 amide bonds. The number of carbonyl (C=O) groups excluding carboxylic acids is 1. The van der Waals surface area contributed by atoms with Gasteiger partial charge in [0, 0.05) is 37.5 Å². The molecule has 1 aromatic heterocycles. The Balaban J connectivity index is 1.35. The second-order valence-corrected chi connectivity index (χ2v) is 7.25. The van der Waals surface area contributed by atoms with Gasteiger partial charge < -0.3 is 20.1 Å². The van der Waals surface area contributed by atoms with Crippen LogP contribution in [0.15, 0.2) is 18.6 Å². The zero-order chi connectivity index (χ0) is 17.5. The topological polar surface area (TPSA) is 85.4 Å². The molecule has 25 heavy (non-hydrogen) atoms. The lowest BCUT2D eigenvalue weighted by molar-refractivity contribution is 0.0199. The number of methoxy groups -OCH3 is 1. The van der Waals surface area contributed by atoms with Crippen LogP contribution in [0.2, 0.25) is 0 Å². The summed E-state index contributed by atoms with van der Waals surface area (Å²) in [5, 5.41) is 6.12. The number of rotatable bonds is 7. The molecule has 1 aromatic rings. The minimum Gasteiger partial charge on any atom is -0.473 e. The second kappa shape index (κ2) is 8.47. The van der Waals surface area contributed by atoms with Gasteiger partial charge in [0.25, 0.3) is 0 Å².